The molecule has 10 heteroatoms. The topological polar surface area (TPSA) is 110 Å². The molecule has 0 aliphatic carbocycles. The molecule has 2 aromatic rings. The summed E-state index contributed by atoms with van der Waals surface area (Å²) < 4.78 is 13.3. The van der Waals surface area contributed by atoms with Crippen molar-refractivity contribution in [3.63, 3.8) is 0 Å². The van der Waals surface area contributed by atoms with Crippen molar-refractivity contribution < 1.29 is 24.2 Å². The molecule has 0 radical (unpaired) electrons. The highest BCUT2D eigenvalue weighted by Gasteiger charge is 2.29. The van der Waals surface area contributed by atoms with Gasteiger partial charge in [-0.1, -0.05) is 42.5 Å². The summed E-state index contributed by atoms with van der Waals surface area (Å²) in [6, 6.07) is 9.18. The lowest BCUT2D eigenvalue weighted by Crippen LogP contribution is -2.47. The first-order valence-corrected chi connectivity index (χ1v) is 11.7. The monoisotopic (exact) mass is 473 g/mol. The Morgan fingerprint density at radius 3 is 2.85 bits per heavy atom. The van der Waals surface area contributed by atoms with Crippen molar-refractivity contribution in [1.29, 1.82) is 0 Å². The average Bonchev–Trinajstić information content (AvgIpc) is 3.30. The number of ether oxygens (including phenoxy) is 2. The second kappa shape index (κ2) is 12.5. The van der Waals surface area contributed by atoms with E-state index < -0.39 is 6.09 Å². The second-order valence-electron chi connectivity index (χ2n) is 8.90. The molecule has 186 valence electrons. The van der Waals surface area contributed by atoms with E-state index in [1.165, 1.54) is 4.90 Å². The molecule has 3 rings (SSSR count). The van der Waals surface area contributed by atoms with E-state index in [0.717, 1.165) is 5.56 Å². The summed E-state index contributed by atoms with van der Waals surface area (Å²) in [7, 11) is 1.67. The maximum absolute atomic E-state index is 12.9. The number of fused-ring (bicyclic) bond motifs is 2. The number of aromatic nitrogens is 3. The summed E-state index contributed by atoms with van der Waals surface area (Å²) in [6.45, 7) is 5.37. The lowest BCUT2D eigenvalue weighted by molar-refractivity contribution is -0.136. The Morgan fingerprint density at radius 1 is 1.35 bits per heavy atom. The van der Waals surface area contributed by atoms with Crippen LogP contribution >= 0.6 is 0 Å². The van der Waals surface area contributed by atoms with E-state index in [1.54, 1.807) is 16.6 Å². The molecule has 2 amide bonds. The van der Waals surface area contributed by atoms with Crippen molar-refractivity contribution in [2.45, 2.75) is 58.6 Å². The molecule has 1 aromatic carbocycles. The number of aliphatic hydroxyl groups excluding tert-OH is 1. The quantitative estimate of drug-likeness (QED) is 0.684. The second-order valence-corrected chi connectivity index (χ2v) is 8.90. The van der Waals surface area contributed by atoms with E-state index >= 15 is 0 Å². The Morgan fingerprint density at radius 2 is 2.12 bits per heavy atom. The van der Waals surface area contributed by atoms with Crippen LogP contribution in [0, 0.1) is 5.92 Å². The first-order chi connectivity index (χ1) is 16.4. The van der Waals surface area contributed by atoms with Crippen LogP contribution in [0.1, 0.15) is 37.9 Å². The van der Waals surface area contributed by atoms with Crippen LogP contribution in [0.15, 0.2) is 36.5 Å². The molecule has 1 aliphatic heterocycles. The SMILES string of the molecule is C[C@@H]1CN([C@@H](C)CO)C(=O)CCCn2cc(nn2)CO[C@H]1CN(C)C(=O)OCc1ccccc1. The highest BCUT2D eigenvalue weighted by atomic mass is 16.6. The lowest BCUT2D eigenvalue weighted by atomic mass is 10.0. The summed E-state index contributed by atoms with van der Waals surface area (Å²) in [5.41, 5.74) is 1.60. The van der Waals surface area contributed by atoms with E-state index in [2.05, 4.69) is 10.3 Å². The van der Waals surface area contributed by atoms with Crippen molar-refractivity contribution in [2.24, 2.45) is 5.92 Å². The summed E-state index contributed by atoms with van der Waals surface area (Å²) in [4.78, 5) is 28.7. The molecule has 0 saturated carbocycles. The van der Waals surface area contributed by atoms with Gasteiger partial charge in [-0.05, 0) is 18.9 Å². The third kappa shape index (κ3) is 7.26. The van der Waals surface area contributed by atoms with Crippen LogP contribution in [-0.4, -0.2) is 80.8 Å². The molecule has 1 N–H and O–H groups in total. The standard InChI is InChI=1S/C24H35N5O5/c1-18-12-29(19(2)15-30)23(31)10-7-11-28-13-21(25-26-28)17-33-22(18)14-27(3)24(32)34-16-20-8-5-4-6-9-20/h4-6,8-9,13,18-19,22,30H,7,10-12,14-17H2,1-3H3/t18-,19+,22+/m1/s1. The molecular weight excluding hydrogens is 438 g/mol. The fourth-order valence-electron chi connectivity index (χ4n) is 3.87. The normalized spacial score (nSPS) is 20.6. The molecule has 0 saturated heterocycles. The number of rotatable bonds is 6. The zero-order valence-electron chi connectivity index (χ0n) is 20.2. The molecule has 0 unspecified atom stereocenters. The minimum atomic E-state index is -0.454. The summed E-state index contributed by atoms with van der Waals surface area (Å²) in [6.07, 6.45) is 1.95. The Balaban J connectivity index is 1.70. The van der Waals surface area contributed by atoms with Crippen LogP contribution in [0.2, 0.25) is 0 Å². The Labute approximate surface area is 200 Å². The van der Waals surface area contributed by atoms with Gasteiger partial charge in [-0.25, -0.2) is 4.79 Å². The molecule has 0 spiro atoms. The molecule has 0 fully saturated rings. The maximum Gasteiger partial charge on any atom is 0.409 e. The molecule has 2 heterocycles. The van der Waals surface area contributed by atoms with Gasteiger partial charge in [-0.15, -0.1) is 5.10 Å². The van der Waals surface area contributed by atoms with Crippen molar-refractivity contribution in [3.05, 3.63) is 47.8 Å². The van der Waals surface area contributed by atoms with Crippen molar-refractivity contribution in [1.82, 2.24) is 24.8 Å². The molecule has 2 bridgehead atoms. The molecular formula is C24H35N5O5. The number of hydrogen-bond acceptors (Lipinski definition) is 7. The number of hydrogen-bond donors (Lipinski definition) is 1. The van der Waals surface area contributed by atoms with E-state index in [4.69, 9.17) is 9.47 Å². The van der Waals surface area contributed by atoms with E-state index in [1.807, 2.05) is 50.4 Å². The van der Waals surface area contributed by atoms with Gasteiger partial charge >= 0.3 is 6.09 Å². The van der Waals surface area contributed by atoms with Gasteiger partial charge in [0, 0.05) is 32.5 Å². The molecule has 3 atom stereocenters. The number of likely N-dealkylation sites (N-methyl/N-ethyl adjacent to an activating group) is 1. The predicted octanol–water partition coefficient (Wildman–Crippen LogP) is 2.07. The largest absolute Gasteiger partial charge is 0.445 e. The highest BCUT2D eigenvalue weighted by molar-refractivity contribution is 5.76. The van der Waals surface area contributed by atoms with Gasteiger partial charge in [-0.2, -0.15) is 0 Å². The lowest BCUT2D eigenvalue weighted by Gasteiger charge is -2.35. The Bertz CT molecular complexity index is 921. The fourth-order valence-corrected chi connectivity index (χ4v) is 3.87. The average molecular weight is 474 g/mol. The van der Waals surface area contributed by atoms with Crippen LogP contribution in [-0.2, 0) is 34.0 Å². The molecule has 1 aromatic heterocycles. The number of aliphatic hydroxyl groups is 1. The minimum absolute atomic E-state index is 0.0256. The number of benzene rings is 1. The smallest absolute Gasteiger partial charge is 0.409 e. The van der Waals surface area contributed by atoms with Gasteiger partial charge in [-0.3, -0.25) is 9.48 Å². The highest BCUT2D eigenvalue weighted by Crippen LogP contribution is 2.18. The van der Waals surface area contributed by atoms with Crippen LogP contribution in [0.3, 0.4) is 0 Å². The van der Waals surface area contributed by atoms with Gasteiger partial charge < -0.3 is 24.4 Å². The van der Waals surface area contributed by atoms with E-state index in [-0.39, 0.29) is 50.3 Å². The number of carbonyl (C=O) groups excluding carboxylic acids is 2. The Hall–Kier alpha value is -2.98. The first kappa shape index (κ1) is 25.6. The molecule has 34 heavy (non-hydrogen) atoms. The van der Waals surface area contributed by atoms with Crippen molar-refractivity contribution >= 4 is 12.0 Å². The van der Waals surface area contributed by atoms with E-state index in [0.29, 0.717) is 31.6 Å². The zero-order chi connectivity index (χ0) is 24.5. The number of amides is 2. The van der Waals surface area contributed by atoms with Gasteiger partial charge in [0.25, 0.3) is 0 Å². The fraction of sp³-hybridized carbons (Fsp3) is 0.583. The number of aryl methyl sites for hydroxylation is 1. The van der Waals surface area contributed by atoms with Crippen molar-refractivity contribution in [2.75, 3.05) is 26.7 Å². The van der Waals surface area contributed by atoms with Gasteiger partial charge in [0.05, 0.1) is 38.1 Å². The summed E-state index contributed by atoms with van der Waals surface area (Å²) in [5, 5.41) is 18.0. The van der Waals surface area contributed by atoms with Crippen molar-refractivity contribution in [3.8, 4) is 0 Å². The summed E-state index contributed by atoms with van der Waals surface area (Å²) >= 11 is 0. The Kier molecular flexibility index (Phi) is 9.41. The minimum Gasteiger partial charge on any atom is -0.445 e. The van der Waals surface area contributed by atoms with Crippen LogP contribution in [0.4, 0.5) is 4.79 Å². The van der Waals surface area contributed by atoms with Crippen LogP contribution < -0.4 is 0 Å². The van der Waals surface area contributed by atoms with Gasteiger partial charge in [0.15, 0.2) is 0 Å². The number of carbonyl (C=O) groups is 2. The third-order valence-electron chi connectivity index (χ3n) is 6.02. The molecule has 10 nitrogen and oxygen atoms in total. The predicted molar refractivity (Wildman–Crippen MR) is 125 cm³/mol. The van der Waals surface area contributed by atoms with Crippen LogP contribution in [0.25, 0.3) is 0 Å². The summed E-state index contributed by atoms with van der Waals surface area (Å²) in [5.74, 6) is -0.138. The zero-order valence-corrected chi connectivity index (χ0v) is 20.2. The first-order valence-electron chi connectivity index (χ1n) is 11.7. The van der Waals surface area contributed by atoms with E-state index in [9.17, 15) is 14.7 Å². The molecule has 1 aliphatic rings. The third-order valence-corrected chi connectivity index (χ3v) is 6.02. The van der Waals surface area contributed by atoms with Gasteiger partial charge in [0.2, 0.25) is 5.91 Å². The van der Waals surface area contributed by atoms with Gasteiger partial charge in [0.1, 0.15) is 12.3 Å². The maximum atomic E-state index is 12.9. The van der Waals surface area contributed by atoms with Crippen LogP contribution in [0.5, 0.6) is 0 Å². The number of nitrogens with zero attached hydrogens (tertiary/aromatic N) is 5.